The molecule has 8 N–H and O–H groups in total. The average Bonchev–Trinajstić information content (AvgIpc) is 3.78. The summed E-state index contributed by atoms with van der Waals surface area (Å²) in [6.45, 7) is 0. The molecule has 4 saturated carbocycles. The number of fused-ring (bicyclic) bond motifs is 20. The summed E-state index contributed by atoms with van der Waals surface area (Å²) in [5.74, 6) is 5.97. The quantitative estimate of drug-likeness (QED) is 0.193. The van der Waals surface area contributed by atoms with Gasteiger partial charge in [-0.2, -0.15) is 0 Å². The predicted octanol–water partition coefficient (Wildman–Crippen LogP) is 2.48. The van der Waals surface area contributed by atoms with Crippen LogP contribution >= 0.6 is 0 Å². The van der Waals surface area contributed by atoms with E-state index in [9.17, 15) is 0 Å². The van der Waals surface area contributed by atoms with Crippen molar-refractivity contribution >= 4 is 0 Å². The zero-order valence-electron chi connectivity index (χ0n) is 25.3. The van der Waals surface area contributed by atoms with Crippen LogP contribution in [0, 0.1) is 47.3 Å². The van der Waals surface area contributed by atoms with Crippen molar-refractivity contribution in [1.82, 2.24) is 42.5 Å². The van der Waals surface area contributed by atoms with Gasteiger partial charge in [0.25, 0.3) is 0 Å². The number of hydrogen-bond acceptors (Lipinski definition) is 9. The fourth-order valence-corrected chi connectivity index (χ4v) is 12.0. The molecule has 0 aromatic carbocycles. The molecule has 9 fully saturated rings. The third-order valence-corrected chi connectivity index (χ3v) is 13.8. The Morgan fingerprint density at radius 3 is 0.500 bits per heavy atom. The van der Waals surface area contributed by atoms with E-state index in [1.807, 2.05) is 15.9 Å². The standard InChI is InChI=1S/C32H56N8.Fe.O/c1-2-10-18-17(9-1)25-33-26(18)38-28-21-13-5-6-14-22(21)30(35-28)40-32-24-16-8-7-15-23(24)31(36-32)39-29-20-12-4-3-11-19(20)27(34-29)37-25;;/h17-40H,1-16H2;;. The van der Waals surface area contributed by atoms with Crippen LogP contribution in [0.1, 0.15) is 103 Å². The number of rotatable bonds is 0. The summed E-state index contributed by atoms with van der Waals surface area (Å²) in [5.41, 5.74) is 0. The molecule has 238 valence electrons. The van der Waals surface area contributed by atoms with Gasteiger partial charge in [-0.1, -0.05) is 51.4 Å². The summed E-state index contributed by atoms with van der Waals surface area (Å²) in [7, 11) is 0. The molecule has 4 aliphatic carbocycles. The molecule has 9 aliphatic rings. The predicted molar refractivity (Wildman–Crippen MR) is 158 cm³/mol. The van der Waals surface area contributed by atoms with Gasteiger partial charge in [0.2, 0.25) is 0 Å². The molecule has 0 spiro atoms. The van der Waals surface area contributed by atoms with Crippen LogP contribution < -0.4 is 42.5 Å². The molecule has 5 heterocycles. The Kier molecular flexibility index (Phi) is 8.86. The molecule has 8 atom stereocenters. The first-order valence-electron chi connectivity index (χ1n) is 18.0. The molecule has 8 unspecified atom stereocenters. The maximum atomic E-state index is 8.00. The summed E-state index contributed by atoms with van der Waals surface area (Å²) >= 11 is 2.00. The molecule has 8 bridgehead atoms. The third-order valence-electron chi connectivity index (χ3n) is 13.8. The first-order chi connectivity index (χ1) is 20.8. The molecule has 42 heavy (non-hydrogen) atoms. The zero-order chi connectivity index (χ0) is 28.2. The molecular weight excluding hydrogens is 568 g/mol. The topological polar surface area (TPSA) is 113 Å². The van der Waals surface area contributed by atoms with E-state index in [0.29, 0.717) is 49.3 Å². The van der Waals surface area contributed by atoms with Crippen molar-refractivity contribution in [3.8, 4) is 0 Å². The minimum absolute atomic E-state index is 0.420. The molecule has 10 heteroatoms. The van der Waals surface area contributed by atoms with Gasteiger partial charge in [-0.15, -0.1) is 0 Å². The van der Waals surface area contributed by atoms with Crippen LogP contribution in [-0.4, -0.2) is 49.3 Å². The summed E-state index contributed by atoms with van der Waals surface area (Å²) in [6, 6.07) is 0. The van der Waals surface area contributed by atoms with Gasteiger partial charge in [0.15, 0.2) is 0 Å². The van der Waals surface area contributed by atoms with E-state index >= 15 is 0 Å². The van der Waals surface area contributed by atoms with Crippen molar-refractivity contribution in [2.24, 2.45) is 47.3 Å². The summed E-state index contributed by atoms with van der Waals surface area (Å²) in [6.07, 6.45) is 25.6. The van der Waals surface area contributed by atoms with Crippen LogP contribution in [0.15, 0.2) is 0 Å². The van der Waals surface area contributed by atoms with E-state index in [2.05, 4.69) is 42.5 Å². The van der Waals surface area contributed by atoms with Gasteiger partial charge in [-0.05, 0) is 98.7 Å². The summed E-state index contributed by atoms with van der Waals surface area (Å²) in [4.78, 5) is 0. The van der Waals surface area contributed by atoms with E-state index in [4.69, 9.17) is 3.83 Å². The molecule has 5 aliphatic heterocycles. The van der Waals surface area contributed by atoms with Crippen molar-refractivity contribution in [2.45, 2.75) is 152 Å². The second-order valence-corrected chi connectivity index (χ2v) is 15.6. The molecule has 0 amide bonds. The molecule has 9 nitrogen and oxygen atoms in total. The van der Waals surface area contributed by atoms with E-state index in [0.717, 1.165) is 47.3 Å². The van der Waals surface area contributed by atoms with Gasteiger partial charge in [-0.25, -0.2) is 0 Å². The normalized spacial score (nSPS) is 55.0. The van der Waals surface area contributed by atoms with Gasteiger partial charge in [0, 0.05) is 0 Å². The summed E-state index contributed by atoms with van der Waals surface area (Å²) < 4.78 is 8.00. The number of nitrogens with one attached hydrogen (secondary N) is 8. The zero-order valence-corrected chi connectivity index (χ0v) is 26.4. The molecule has 0 aromatic rings. The van der Waals surface area contributed by atoms with Crippen LogP contribution in [-0.2, 0) is 19.8 Å². The van der Waals surface area contributed by atoms with E-state index in [-0.39, 0.29) is 0 Å². The molecule has 9 rings (SSSR count). The molecule has 0 radical (unpaired) electrons. The third kappa shape index (κ3) is 5.22. The average molecular weight is 625 g/mol. The molecule has 5 saturated heterocycles. The van der Waals surface area contributed by atoms with E-state index in [1.54, 1.807) is 0 Å². The van der Waals surface area contributed by atoms with Crippen LogP contribution in [0.4, 0.5) is 0 Å². The maximum absolute atomic E-state index is 8.00. The fraction of sp³-hybridized carbons (Fsp3) is 1.00. The minimum atomic E-state index is 0.420. The van der Waals surface area contributed by atoms with Crippen molar-refractivity contribution in [2.75, 3.05) is 0 Å². The van der Waals surface area contributed by atoms with Crippen molar-refractivity contribution < 1.29 is 19.8 Å². The number of hydrogen-bond donors (Lipinski definition) is 8. The van der Waals surface area contributed by atoms with Crippen molar-refractivity contribution in [1.29, 1.82) is 0 Å². The SMILES string of the molecule is C1CCC2C3NC(NC4NC(NC5NC(NC6NC(N3)C3CCCCC63)C3CCCCC53)C3CCCCC43)C2C1.[O]=[Fe]. The second-order valence-electron chi connectivity index (χ2n) is 15.6. The van der Waals surface area contributed by atoms with E-state index < -0.39 is 0 Å². The van der Waals surface area contributed by atoms with Crippen LogP contribution in [0.25, 0.3) is 0 Å². The van der Waals surface area contributed by atoms with Gasteiger partial charge in [0.1, 0.15) is 0 Å². The Balaban J connectivity index is 0.00000131. The van der Waals surface area contributed by atoms with Gasteiger partial charge in [-0.3, -0.25) is 42.5 Å². The second kappa shape index (κ2) is 12.7. The molecular formula is C32H56FeN8O. The first kappa shape index (κ1) is 29.4. The van der Waals surface area contributed by atoms with E-state index in [1.165, 1.54) is 103 Å². The van der Waals surface area contributed by atoms with Crippen molar-refractivity contribution in [3.63, 3.8) is 0 Å². The Bertz CT molecular complexity index is 738. The summed E-state index contributed by atoms with van der Waals surface area (Å²) in [5, 5.41) is 33.8. The monoisotopic (exact) mass is 624 g/mol. The van der Waals surface area contributed by atoms with Crippen LogP contribution in [0.3, 0.4) is 0 Å². The first-order valence-corrected chi connectivity index (χ1v) is 18.5. The van der Waals surface area contributed by atoms with Gasteiger partial charge in [0.05, 0.1) is 49.3 Å². The fourth-order valence-electron chi connectivity index (χ4n) is 12.0. The Morgan fingerprint density at radius 1 is 0.262 bits per heavy atom. The van der Waals surface area contributed by atoms with Gasteiger partial charge >= 0.3 is 19.8 Å². The Hall–Kier alpha value is -0.000519. The van der Waals surface area contributed by atoms with Gasteiger partial charge < -0.3 is 0 Å². The Morgan fingerprint density at radius 2 is 0.381 bits per heavy atom. The van der Waals surface area contributed by atoms with Crippen LogP contribution in [0.2, 0.25) is 0 Å². The molecule has 0 aromatic heterocycles. The Labute approximate surface area is 261 Å². The van der Waals surface area contributed by atoms with Crippen LogP contribution in [0.5, 0.6) is 0 Å². The van der Waals surface area contributed by atoms with Crippen molar-refractivity contribution in [3.05, 3.63) is 0 Å².